The van der Waals surface area contributed by atoms with Crippen LogP contribution in [0, 0.1) is 23.7 Å². The molecule has 3 aliphatic rings. The quantitative estimate of drug-likeness (QED) is 0.633. The van der Waals surface area contributed by atoms with E-state index in [1.807, 2.05) is 0 Å². The maximum atomic E-state index is 9.81. The molecule has 0 radical (unpaired) electrons. The van der Waals surface area contributed by atoms with Crippen molar-refractivity contribution in [3.8, 4) is 0 Å². The average molecular weight is 231 g/mol. The van der Waals surface area contributed by atoms with Gasteiger partial charge in [-0.1, -0.05) is 22.4 Å². The lowest BCUT2D eigenvalue weighted by atomic mass is 9.80. The molecule has 68 valence electrons. The Bertz CT molecular complexity index is 204. The van der Waals surface area contributed by atoms with Crippen LogP contribution in [0.2, 0.25) is 0 Å². The Hall–Kier alpha value is 0.440. The first-order valence-corrected chi connectivity index (χ1v) is 6.03. The molecular formula is C10H15BrO. The second-order valence-corrected chi connectivity index (χ2v) is 5.80. The number of hydrogen-bond acceptors (Lipinski definition) is 1. The molecule has 0 aromatic carbocycles. The summed E-state index contributed by atoms with van der Waals surface area (Å²) >= 11 is 3.77. The van der Waals surface area contributed by atoms with Crippen LogP contribution in [0.3, 0.4) is 0 Å². The normalized spacial score (nSPS) is 62.5. The molecule has 1 N–H and O–H groups in total. The number of fused-ring (bicyclic) bond motifs is 5. The van der Waals surface area contributed by atoms with Gasteiger partial charge in [-0.2, -0.15) is 0 Å². The van der Waals surface area contributed by atoms with E-state index in [9.17, 15) is 5.11 Å². The number of hydrogen-bond donors (Lipinski definition) is 1. The number of rotatable bonds is 0. The first-order chi connectivity index (χ1) is 5.79. The third-order valence-corrected chi connectivity index (χ3v) is 5.69. The predicted octanol–water partition coefficient (Wildman–Crippen LogP) is 2.18. The fourth-order valence-corrected chi connectivity index (χ4v) is 5.38. The third-order valence-electron chi connectivity index (χ3n) is 4.40. The van der Waals surface area contributed by atoms with Crippen molar-refractivity contribution in [1.82, 2.24) is 0 Å². The summed E-state index contributed by atoms with van der Waals surface area (Å²) < 4.78 is 0. The van der Waals surface area contributed by atoms with Gasteiger partial charge in [-0.15, -0.1) is 0 Å². The monoisotopic (exact) mass is 230 g/mol. The summed E-state index contributed by atoms with van der Waals surface area (Å²) in [6.45, 7) is 0. The van der Waals surface area contributed by atoms with E-state index in [0.29, 0.717) is 10.7 Å². The van der Waals surface area contributed by atoms with Crippen LogP contribution >= 0.6 is 15.9 Å². The van der Waals surface area contributed by atoms with Crippen LogP contribution in [0.4, 0.5) is 0 Å². The summed E-state index contributed by atoms with van der Waals surface area (Å²) in [5.74, 6) is 3.23. The van der Waals surface area contributed by atoms with Gasteiger partial charge in [0.15, 0.2) is 0 Å². The Morgan fingerprint density at radius 3 is 2.67 bits per heavy atom. The molecule has 0 saturated heterocycles. The zero-order valence-corrected chi connectivity index (χ0v) is 8.70. The molecule has 6 atom stereocenters. The van der Waals surface area contributed by atoms with E-state index < -0.39 is 0 Å². The molecule has 3 aliphatic carbocycles. The second kappa shape index (κ2) is 2.48. The van der Waals surface area contributed by atoms with Gasteiger partial charge < -0.3 is 5.11 Å². The molecule has 3 saturated carbocycles. The van der Waals surface area contributed by atoms with Crippen molar-refractivity contribution >= 4 is 15.9 Å². The second-order valence-electron chi connectivity index (χ2n) is 4.75. The lowest BCUT2D eigenvalue weighted by Crippen LogP contribution is -2.28. The molecule has 0 heterocycles. The Kier molecular flexibility index (Phi) is 1.61. The first kappa shape index (κ1) is 7.81. The summed E-state index contributed by atoms with van der Waals surface area (Å²) in [6, 6.07) is 0. The molecule has 0 aliphatic heterocycles. The molecule has 0 unspecified atom stereocenters. The van der Waals surface area contributed by atoms with Gasteiger partial charge in [0.2, 0.25) is 0 Å². The van der Waals surface area contributed by atoms with E-state index in [-0.39, 0.29) is 6.10 Å². The zero-order chi connectivity index (χ0) is 8.29. The van der Waals surface area contributed by atoms with E-state index >= 15 is 0 Å². The topological polar surface area (TPSA) is 20.2 Å². The lowest BCUT2D eigenvalue weighted by Gasteiger charge is -2.27. The molecule has 2 heteroatoms. The van der Waals surface area contributed by atoms with E-state index in [1.165, 1.54) is 19.3 Å². The number of aliphatic hydroxyl groups excluding tert-OH is 1. The van der Waals surface area contributed by atoms with Crippen LogP contribution in [-0.4, -0.2) is 16.0 Å². The van der Waals surface area contributed by atoms with Crippen molar-refractivity contribution in [2.75, 3.05) is 0 Å². The molecule has 0 aromatic heterocycles. The van der Waals surface area contributed by atoms with Crippen LogP contribution < -0.4 is 0 Å². The van der Waals surface area contributed by atoms with Gasteiger partial charge in [0.1, 0.15) is 0 Å². The minimum atomic E-state index is 0.0127. The van der Waals surface area contributed by atoms with Crippen LogP contribution in [0.5, 0.6) is 0 Å². The first-order valence-electron chi connectivity index (χ1n) is 5.11. The molecule has 2 bridgehead atoms. The molecule has 0 aromatic rings. The maximum absolute atomic E-state index is 9.81. The van der Waals surface area contributed by atoms with Gasteiger partial charge in [0.25, 0.3) is 0 Å². The molecule has 3 rings (SSSR count). The minimum absolute atomic E-state index is 0.0127. The number of alkyl halides is 1. The SMILES string of the molecule is O[C@H]1C[C@H]2[C@H](Br)[C@@H]1[C@H]1CCC[C@@H]21. The van der Waals surface area contributed by atoms with Gasteiger partial charge in [-0.05, 0) is 37.0 Å². The van der Waals surface area contributed by atoms with Crippen molar-refractivity contribution in [2.45, 2.75) is 36.6 Å². The van der Waals surface area contributed by atoms with Crippen molar-refractivity contribution < 1.29 is 5.11 Å². The van der Waals surface area contributed by atoms with E-state index in [4.69, 9.17) is 0 Å². The molecule has 3 fully saturated rings. The van der Waals surface area contributed by atoms with Crippen molar-refractivity contribution in [3.05, 3.63) is 0 Å². The summed E-state index contributed by atoms with van der Waals surface area (Å²) in [4.78, 5) is 0.641. The Labute approximate surface area is 81.7 Å². The van der Waals surface area contributed by atoms with Crippen LogP contribution in [0.1, 0.15) is 25.7 Å². The fourth-order valence-electron chi connectivity index (χ4n) is 4.02. The van der Waals surface area contributed by atoms with Crippen molar-refractivity contribution in [2.24, 2.45) is 23.7 Å². The standard InChI is InChI=1S/C10H15BrO/c11-10-7-4-8(12)9(10)6-3-1-2-5(6)7/h5-10,12H,1-4H2/t5-,6+,7-,8+,9-,10+/m1/s1. The highest BCUT2D eigenvalue weighted by Crippen LogP contribution is 2.60. The highest BCUT2D eigenvalue weighted by atomic mass is 79.9. The zero-order valence-electron chi connectivity index (χ0n) is 7.12. The fraction of sp³-hybridized carbons (Fsp3) is 1.00. The Morgan fingerprint density at radius 1 is 1.08 bits per heavy atom. The van der Waals surface area contributed by atoms with Crippen molar-refractivity contribution in [1.29, 1.82) is 0 Å². The van der Waals surface area contributed by atoms with Crippen LogP contribution in [-0.2, 0) is 0 Å². The van der Waals surface area contributed by atoms with Gasteiger partial charge in [-0.3, -0.25) is 0 Å². The Morgan fingerprint density at radius 2 is 1.83 bits per heavy atom. The molecule has 0 spiro atoms. The molecule has 0 amide bonds. The molecule has 12 heavy (non-hydrogen) atoms. The van der Waals surface area contributed by atoms with Gasteiger partial charge in [0, 0.05) is 10.7 Å². The lowest BCUT2D eigenvalue weighted by molar-refractivity contribution is 0.0647. The van der Waals surface area contributed by atoms with E-state index in [1.54, 1.807) is 0 Å². The third kappa shape index (κ3) is 0.784. The van der Waals surface area contributed by atoms with Crippen molar-refractivity contribution in [3.63, 3.8) is 0 Å². The van der Waals surface area contributed by atoms with Gasteiger partial charge >= 0.3 is 0 Å². The summed E-state index contributed by atoms with van der Waals surface area (Å²) in [5, 5.41) is 9.81. The largest absolute Gasteiger partial charge is 0.393 e. The molecule has 1 nitrogen and oxygen atoms in total. The maximum Gasteiger partial charge on any atom is 0.0585 e. The summed E-state index contributed by atoms with van der Waals surface area (Å²) in [7, 11) is 0. The predicted molar refractivity (Wildman–Crippen MR) is 51.1 cm³/mol. The average Bonchev–Trinajstić information content (AvgIpc) is 2.61. The Balaban J connectivity index is 1.94. The van der Waals surface area contributed by atoms with Crippen LogP contribution in [0.25, 0.3) is 0 Å². The molecular weight excluding hydrogens is 216 g/mol. The van der Waals surface area contributed by atoms with Gasteiger partial charge in [-0.25, -0.2) is 0 Å². The smallest absolute Gasteiger partial charge is 0.0585 e. The van der Waals surface area contributed by atoms with Crippen LogP contribution in [0.15, 0.2) is 0 Å². The highest BCUT2D eigenvalue weighted by Gasteiger charge is 2.58. The van der Waals surface area contributed by atoms with Gasteiger partial charge in [0.05, 0.1) is 6.10 Å². The summed E-state index contributed by atoms with van der Waals surface area (Å²) in [5.41, 5.74) is 0. The minimum Gasteiger partial charge on any atom is -0.393 e. The number of halogens is 1. The van der Waals surface area contributed by atoms with E-state index in [0.717, 1.165) is 24.2 Å². The number of aliphatic hydroxyl groups is 1. The summed E-state index contributed by atoms with van der Waals surface area (Å²) in [6.07, 6.45) is 5.31. The highest BCUT2D eigenvalue weighted by molar-refractivity contribution is 9.09. The van der Waals surface area contributed by atoms with E-state index in [2.05, 4.69) is 15.9 Å².